The van der Waals surface area contributed by atoms with Crippen molar-refractivity contribution in [3.63, 3.8) is 0 Å². The molecule has 20 heavy (non-hydrogen) atoms. The largest absolute Gasteiger partial charge is 0.507 e. The third-order valence-electron chi connectivity index (χ3n) is 3.51. The Morgan fingerprint density at radius 2 is 1.80 bits per heavy atom. The first-order valence-electron chi connectivity index (χ1n) is 6.75. The highest BCUT2D eigenvalue weighted by Gasteiger charge is 2.07. The summed E-state index contributed by atoms with van der Waals surface area (Å²) in [5.41, 5.74) is 4.17. The van der Waals surface area contributed by atoms with Crippen molar-refractivity contribution < 1.29 is 5.11 Å². The minimum atomic E-state index is 0.225. The number of phenolic OH excluding ortho intramolecular Hbond substituents is 1. The van der Waals surface area contributed by atoms with Gasteiger partial charge in [-0.15, -0.1) is 0 Å². The average Bonchev–Trinajstić information content (AvgIpc) is 2.42. The number of hydrogen-bond acceptors (Lipinski definition) is 2. The molecule has 0 aliphatic heterocycles. The lowest BCUT2D eigenvalue weighted by Crippen LogP contribution is -2.18. The molecule has 1 unspecified atom stereocenters. The Kier molecular flexibility index (Phi) is 4.69. The summed E-state index contributed by atoms with van der Waals surface area (Å²) in [5, 5.41) is 14.0. The molecular weight excluding hydrogens is 270 g/mol. The first-order chi connectivity index (χ1) is 9.47. The molecule has 0 spiro atoms. The van der Waals surface area contributed by atoms with Crippen molar-refractivity contribution in [2.45, 2.75) is 33.4 Å². The van der Waals surface area contributed by atoms with E-state index >= 15 is 0 Å². The molecule has 0 aromatic heterocycles. The van der Waals surface area contributed by atoms with Crippen molar-refractivity contribution in [3.05, 3.63) is 63.7 Å². The maximum Gasteiger partial charge on any atom is 0.121 e. The number of hydrogen-bond donors (Lipinski definition) is 2. The van der Waals surface area contributed by atoms with Gasteiger partial charge in [0.05, 0.1) is 0 Å². The van der Waals surface area contributed by atoms with Crippen molar-refractivity contribution in [1.82, 2.24) is 5.32 Å². The van der Waals surface area contributed by atoms with Gasteiger partial charge in [-0.3, -0.25) is 0 Å². The standard InChI is InChI=1S/C17H20ClNO/c1-11-7-14(8-12(2)17(11)20)10-19-13(3)15-5-4-6-16(18)9-15/h4-9,13,19-20H,10H2,1-3H3. The molecule has 0 heterocycles. The lowest BCUT2D eigenvalue weighted by Gasteiger charge is -2.15. The van der Waals surface area contributed by atoms with Crippen LogP contribution in [0.1, 0.15) is 35.2 Å². The molecule has 0 saturated heterocycles. The predicted molar refractivity (Wildman–Crippen MR) is 84.3 cm³/mol. The molecule has 0 amide bonds. The Labute approximate surface area is 125 Å². The molecule has 2 aromatic carbocycles. The smallest absolute Gasteiger partial charge is 0.121 e. The number of aromatic hydroxyl groups is 1. The highest BCUT2D eigenvalue weighted by atomic mass is 35.5. The summed E-state index contributed by atoms with van der Waals surface area (Å²) >= 11 is 6.01. The fourth-order valence-corrected chi connectivity index (χ4v) is 2.51. The molecule has 2 rings (SSSR count). The fourth-order valence-electron chi connectivity index (χ4n) is 2.31. The summed E-state index contributed by atoms with van der Waals surface area (Å²) in [4.78, 5) is 0. The number of halogens is 1. The molecule has 0 bridgehead atoms. The van der Waals surface area contributed by atoms with Crippen molar-refractivity contribution in [2.75, 3.05) is 0 Å². The maximum atomic E-state index is 9.78. The van der Waals surface area contributed by atoms with Crippen LogP contribution in [0.5, 0.6) is 5.75 Å². The zero-order valence-electron chi connectivity index (χ0n) is 12.1. The summed E-state index contributed by atoms with van der Waals surface area (Å²) in [7, 11) is 0. The molecule has 0 aliphatic rings. The second-order valence-corrected chi connectivity index (χ2v) is 5.67. The van der Waals surface area contributed by atoms with Gasteiger partial charge in [0.15, 0.2) is 0 Å². The second-order valence-electron chi connectivity index (χ2n) is 5.24. The van der Waals surface area contributed by atoms with Crippen LogP contribution in [0.2, 0.25) is 5.02 Å². The molecule has 2 N–H and O–H groups in total. The Balaban J connectivity index is 2.05. The van der Waals surface area contributed by atoms with Gasteiger partial charge in [-0.2, -0.15) is 0 Å². The number of nitrogens with one attached hydrogen (secondary N) is 1. The number of rotatable bonds is 4. The van der Waals surface area contributed by atoms with Gasteiger partial charge in [0.2, 0.25) is 0 Å². The molecule has 0 saturated carbocycles. The molecule has 0 fully saturated rings. The normalized spacial score (nSPS) is 12.4. The maximum absolute atomic E-state index is 9.78. The minimum absolute atomic E-state index is 0.225. The zero-order chi connectivity index (χ0) is 14.7. The second kappa shape index (κ2) is 6.29. The van der Waals surface area contributed by atoms with Crippen molar-refractivity contribution in [1.29, 1.82) is 0 Å². The third-order valence-corrected chi connectivity index (χ3v) is 3.75. The van der Waals surface area contributed by atoms with Crippen LogP contribution in [0.3, 0.4) is 0 Å². The summed E-state index contributed by atoms with van der Waals surface area (Å²) in [6, 6.07) is 12.1. The quantitative estimate of drug-likeness (QED) is 0.868. The molecule has 2 aromatic rings. The molecule has 0 radical (unpaired) electrons. The highest BCUT2D eigenvalue weighted by Crippen LogP contribution is 2.23. The van der Waals surface area contributed by atoms with Gasteiger partial charge in [0, 0.05) is 17.6 Å². The average molecular weight is 290 g/mol. The lowest BCUT2D eigenvalue weighted by atomic mass is 10.0. The van der Waals surface area contributed by atoms with Crippen LogP contribution in [-0.2, 0) is 6.54 Å². The Hall–Kier alpha value is -1.51. The Morgan fingerprint density at radius 1 is 1.15 bits per heavy atom. The van der Waals surface area contributed by atoms with Crippen molar-refractivity contribution >= 4 is 11.6 Å². The van der Waals surface area contributed by atoms with Gasteiger partial charge in [-0.1, -0.05) is 35.9 Å². The lowest BCUT2D eigenvalue weighted by molar-refractivity contribution is 0.466. The van der Waals surface area contributed by atoms with E-state index in [-0.39, 0.29) is 6.04 Å². The van der Waals surface area contributed by atoms with Crippen LogP contribution in [0.15, 0.2) is 36.4 Å². The van der Waals surface area contributed by atoms with Gasteiger partial charge >= 0.3 is 0 Å². The van der Waals surface area contributed by atoms with E-state index in [1.165, 1.54) is 11.1 Å². The number of benzene rings is 2. The predicted octanol–water partition coefficient (Wildman–Crippen LogP) is 4.51. The van der Waals surface area contributed by atoms with E-state index in [0.717, 1.165) is 22.7 Å². The van der Waals surface area contributed by atoms with Gasteiger partial charge in [-0.05, 0) is 55.2 Å². The monoisotopic (exact) mass is 289 g/mol. The van der Waals surface area contributed by atoms with Crippen LogP contribution in [0.25, 0.3) is 0 Å². The van der Waals surface area contributed by atoms with Crippen LogP contribution in [0, 0.1) is 13.8 Å². The minimum Gasteiger partial charge on any atom is -0.507 e. The van der Waals surface area contributed by atoms with Crippen molar-refractivity contribution in [2.24, 2.45) is 0 Å². The first kappa shape index (κ1) is 14.9. The Morgan fingerprint density at radius 3 is 2.40 bits per heavy atom. The summed E-state index contributed by atoms with van der Waals surface area (Å²) in [5.74, 6) is 0.386. The molecule has 106 valence electrons. The van der Waals surface area contributed by atoms with Gasteiger partial charge in [0.25, 0.3) is 0 Å². The summed E-state index contributed by atoms with van der Waals surface area (Å²) in [6.45, 7) is 6.72. The summed E-state index contributed by atoms with van der Waals surface area (Å²) in [6.07, 6.45) is 0. The molecule has 2 nitrogen and oxygen atoms in total. The number of aryl methyl sites for hydroxylation is 2. The van der Waals surface area contributed by atoms with E-state index in [2.05, 4.69) is 18.3 Å². The molecule has 1 atom stereocenters. The van der Waals surface area contributed by atoms with E-state index < -0.39 is 0 Å². The van der Waals surface area contributed by atoms with Gasteiger partial charge in [0.1, 0.15) is 5.75 Å². The molecule has 0 aliphatic carbocycles. The van der Waals surface area contributed by atoms with Crippen LogP contribution < -0.4 is 5.32 Å². The topological polar surface area (TPSA) is 32.3 Å². The van der Waals surface area contributed by atoms with E-state index in [4.69, 9.17) is 11.6 Å². The first-order valence-corrected chi connectivity index (χ1v) is 7.13. The molecular formula is C17H20ClNO. The number of phenols is 1. The third kappa shape index (κ3) is 3.53. The SMILES string of the molecule is Cc1cc(CNC(C)c2cccc(Cl)c2)cc(C)c1O. The van der Waals surface area contributed by atoms with Crippen LogP contribution in [0.4, 0.5) is 0 Å². The van der Waals surface area contributed by atoms with E-state index in [0.29, 0.717) is 5.75 Å². The van der Waals surface area contributed by atoms with Crippen molar-refractivity contribution in [3.8, 4) is 5.75 Å². The van der Waals surface area contributed by atoms with E-state index in [1.807, 2.05) is 44.2 Å². The van der Waals surface area contributed by atoms with E-state index in [1.54, 1.807) is 0 Å². The summed E-state index contributed by atoms with van der Waals surface area (Å²) < 4.78 is 0. The van der Waals surface area contributed by atoms with E-state index in [9.17, 15) is 5.11 Å². The zero-order valence-corrected chi connectivity index (χ0v) is 12.8. The van der Waals surface area contributed by atoms with Gasteiger partial charge in [-0.25, -0.2) is 0 Å². The highest BCUT2D eigenvalue weighted by molar-refractivity contribution is 6.30. The van der Waals surface area contributed by atoms with Crippen LogP contribution >= 0.6 is 11.6 Å². The fraction of sp³-hybridized carbons (Fsp3) is 0.294. The van der Waals surface area contributed by atoms with Crippen LogP contribution in [-0.4, -0.2) is 5.11 Å². The Bertz CT molecular complexity index is 587. The van der Waals surface area contributed by atoms with Gasteiger partial charge < -0.3 is 10.4 Å². The molecule has 3 heteroatoms.